The zero-order valence-electron chi connectivity index (χ0n) is 11.0. The highest BCUT2D eigenvalue weighted by Crippen LogP contribution is 2.26. The van der Waals surface area contributed by atoms with Crippen LogP contribution in [0.3, 0.4) is 0 Å². The van der Waals surface area contributed by atoms with Gasteiger partial charge in [-0.1, -0.05) is 0 Å². The van der Waals surface area contributed by atoms with E-state index in [1.807, 2.05) is 0 Å². The van der Waals surface area contributed by atoms with E-state index in [0.29, 0.717) is 32.9 Å². The summed E-state index contributed by atoms with van der Waals surface area (Å²) in [7, 11) is 1.77. The number of hydrogen-bond donors (Lipinski definition) is 1. The van der Waals surface area contributed by atoms with Gasteiger partial charge >= 0.3 is 0 Å². The van der Waals surface area contributed by atoms with E-state index in [1.54, 1.807) is 17.9 Å². The van der Waals surface area contributed by atoms with E-state index in [2.05, 4.69) is 31.0 Å². The van der Waals surface area contributed by atoms with Gasteiger partial charge in [0, 0.05) is 7.05 Å². The average Bonchev–Trinajstić information content (AvgIpc) is 2.80. The molecule has 0 saturated heterocycles. The number of nitrogen functional groups attached to an aromatic ring is 1. The lowest BCUT2D eigenvalue weighted by Gasteiger charge is -2.08. The van der Waals surface area contributed by atoms with Crippen LogP contribution in [0.2, 0.25) is 0 Å². The fourth-order valence-corrected chi connectivity index (χ4v) is 2.36. The highest BCUT2D eigenvalue weighted by Gasteiger charge is 2.10. The Morgan fingerprint density at radius 2 is 2.19 bits per heavy atom. The number of nitrogens with zero attached hydrogens (tertiary/aromatic N) is 4. The third-order valence-electron chi connectivity index (χ3n) is 2.92. The number of aryl methyl sites for hydroxylation is 1. The molecule has 3 rings (SSSR count). The molecule has 2 N–H and O–H groups in total. The van der Waals surface area contributed by atoms with Gasteiger partial charge in [-0.2, -0.15) is 5.10 Å². The predicted octanol–water partition coefficient (Wildman–Crippen LogP) is 2.43. The SMILES string of the molecule is Cn1ncc2c(N)nc(COc3ccc(F)cc3Br)nc21. The Morgan fingerprint density at radius 1 is 1.38 bits per heavy atom. The standard InChI is InChI=1S/C13H11BrFN5O/c1-20-13-8(5-17-20)12(16)18-11(19-13)6-21-10-3-2-7(15)4-9(10)14/h2-5H,6H2,1H3,(H2,16,18,19). The van der Waals surface area contributed by atoms with E-state index in [4.69, 9.17) is 10.5 Å². The van der Waals surface area contributed by atoms with Crippen molar-refractivity contribution >= 4 is 32.8 Å². The normalized spacial score (nSPS) is 11.0. The molecule has 0 aliphatic carbocycles. The number of anilines is 1. The van der Waals surface area contributed by atoms with Gasteiger partial charge in [0.05, 0.1) is 16.1 Å². The molecule has 1 aromatic carbocycles. The van der Waals surface area contributed by atoms with Crippen LogP contribution in [0.5, 0.6) is 5.75 Å². The third kappa shape index (κ3) is 2.66. The molecule has 0 fully saturated rings. The van der Waals surface area contributed by atoms with E-state index < -0.39 is 0 Å². The smallest absolute Gasteiger partial charge is 0.170 e. The van der Waals surface area contributed by atoms with Crippen LogP contribution in [-0.2, 0) is 13.7 Å². The summed E-state index contributed by atoms with van der Waals surface area (Å²) >= 11 is 3.24. The first kappa shape index (κ1) is 13.7. The molecular formula is C13H11BrFN5O. The van der Waals surface area contributed by atoms with E-state index in [0.717, 1.165) is 0 Å². The quantitative estimate of drug-likeness (QED) is 0.783. The Balaban J connectivity index is 1.86. The molecule has 0 aliphatic rings. The summed E-state index contributed by atoms with van der Waals surface area (Å²) in [6.45, 7) is 0.121. The highest BCUT2D eigenvalue weighted by atomic mass is 79.9. The summed E-state index contributed by atoms with van der Waals surface area (Å²) in [5.74, 6) is 0.944. The maximum absolute atomic E-state index is 13.0. The summed E-state index contributed by atoms with van der Waals surface area (Å²) in [4.78, 5) is 8.53. The molecule has 0 spiro atoms. The van der Waals surface area contributed by atoms with Gasteiger partial charge in [0.25, 0.3) is 0 Å². The van der Waals surface area contributed by atoms with Gasteiger partial charge < -0.3 is 10.5 Å². The first-order chi connectivity index (χ1) is 10.0. The van der Waals surface area contributed by atoms with Crippen molar-refractivity contribution in [1.29, 1.82) is 0 Å². The zero-order valence-corrected chi connectivity index (χ0v) is 12.6. The molecule has 0 atom stereocenters. The maximum atomic E-state index is 13.0. The summed E-state index contributed by atoms with van der Waals surface area (Å²) in [6.07, 6.45) is 1.62. The highest BCUT2D eigenvalue weighted by molar-refractivity contribution is 9.10. The van der Waals surface area contributed by atoms with E-state index in [9.17, 15) is 4.39 Å². The molecule has 0 unspecified atom stereocenters. The molecule has 8 heteroatoms. The Hall–Kier alpha value is -2.22. The second-order valence-electron chi connectivity index (χ2n) is 4.39. The molecule has 0 radical (unpaired) electrons. The predicted molar refractivity (Wildman–Crippen MR) is 79.1 cm³/mol. The number of halogens is 2. The van der Waals surface area contributed by atoms with Gasteiger partial charge in [0.15, 0.2) is 11.5 Å². The van der Waals surface area contributed by atoms with Crippen molar-refractivity contribution in [3.8, 4) is 5.75 Å². The molecule has 2 aromatic heterocycles. The van der Waals surface area contributed by atoms with Crippen LogP contribution in [0.4, 0.5) is 10.2 Å². The minimum atomic E-state index is -0.342. The summed E-state index contributed by atoms with van der Waals surface area (Å²) in [5.41, 5.74) is 6.51. The van der Waals surface area contributed by atoms with Crippen molar-refractivity contribution in [3.63, 3.8) is 0 Å². The van der Waals surface area contributed by atoms with Crippen LogP contribution in [0.15, 0.2) is 28.9 Å². The van der Waals surface area contributed by atoms with Crippen LogP contribution in [-0.4, -0.2) is 19.7 Å². The zero-order chi connectivity index (χ0) is 15.0. The molecular weight excluding hydrogens is 341 g/mol. The molecule has 0 saturated carbocycles. The van der Waals surface area contributed by atoms with E-state index >= 15 is 0 Å². The Morgan fingerprint density at radius 3 is 2.95 bits per heavy atom. The number of hydrogen-bond acceptors (Lipinski definition) is 5. The number of ether oxygens (including phenoxy) is 1. The lowest BCUT2D eigenvalue weighted by molar-refractivity contribution is 0.294. The monoisotopic (exact) mass is 351 g/mol. The topological polar surface area (TPSA) is 78.9 Å². The van der Waals surface area contributed by atoms with Gasteiger partial charge in [-0.05, 0) is 34.1 Å². The van der Waals surface area contributed by atoms with Gasteiger partial charge in [-0.15, -0.1) is 0 Å². The molecule has 0 amide bonds. The van der Waals surface area contributed by atoms with Crippen molar-refractivity contribution in [2.75, 3.05) is 5.73 Å². The fourth-order valence-electron chi connectivity index (χ4n) is 1.89. The largest absolute Gasteiger partial charge is 0.484 e. The van der Waals surface area contributed by atoms with Crippen molar-refractivity contribution in [3.05, 3.63) is 40.5 Å². The molecule has 3 aromatic rings. The van der Waals surface area contributed by atoms with Gasteiger partial charge in [0.2, 0.25) is 0 Å². The van der Waals surface area contributed by atoms with E-state index in [1.165, 1.54) is 18.2 Å². The Bertz CT molecular complexity index is 820. The second-order valence-corrected chi connectivity index (χ2v) is 5.25. The van der Waals surface area contributed by atoms with Crippen LogP contribution in [0.25, 0.3) is 11.0 Å². The minimum absolute atomic E-state index is 0.121. The van der Waals surface area contributed by atoms with Gasteiger partial charge in [-0.25, -0.2) is 14.4 Å². The summed E-state index contributed by atoms with van der Waals surface area (Å²) in [6, 6.07) is 4.18. The van der Waals surface area contributed by atoms with Crippen molar-refractivity contribution < 1.29 is 9.13 Å². The first-order valence-corrected chi connectivity index (χ1v) is 6.86. The van der Waals surface area contributed by atoms with Crippen LogP contribution in [0, 0.1) is 5.82 Å². The molecule has 108 valence electrons. The molecule has 21 heavy (non-hydrogen) atoms. The summed E-state index contributed by atoms with van der Waals surface area (Å²) in [5, 5.41) is 4.78. The Labute approximate surface area is 127 Å². The van der Waals surface area contributed by atoms with Crippen LogP contribution >= 0.6 is 15.9 Å². The number of fused-ring (bicyclic) bond motifs is 1. The minimum Gasteiger partial charge on any atom is -0.484 e. The van der Waals surface area contributed by atoms with Crippen molar-refractivity contribution in [1.82, 2.24) is 19.7 Å². The third-order valence-corrected chi connectivity index (χ3v) is 3.54. The maximum Gasteiger partial charge on any atom is 0.170 e. The molecule has 6 nitrogen and oxygen atoms in total. The number of benzene rings is 1. The van der Waals surface area contributed by atoms with Crippen molar-refractivity contribution in [2.45, 2.75) is 6.61 Å². The molecule has 0 aliphatic heterocycles. The van der Waals surface area contributed by atoms with Crippen LogP contribution < -0.4 is 10.5 Å². The van der Waals surface area contributed by atoms with Gasteiger partial charge in [0.1, 0.15) is 24.0 Å². The first-order valence-electron chi connectivity index (χ1n) is 6.06. The fraction of sp³-hybridized carbons (Fsp3) is 0.154. The lowest BCUT2D eigenvalue weighted by Crippen LogP contribution is -2.06. The average molecular weight is 352 g/mol. The lowest BCUT2D eigenvalue weighted by atomic mass is 10.3. The number of nitrogens with two attached hydrogens (primary N) is 1. The van der Waals surface area contributed by atoms with Gasteiger partial charge in [-0.3, -0.25) is 4.68 Å². The van der Waals surface area contributed by atoms with E-state index in [-0.39, 0.29) is 12.4 Å². The molecule has 2 heterocycles. The molecule has 0 bridgehead atoms. The summed E-state index contributed by atoms with van der Waals surface area (Å²) < 4.78 is 20.7. The number of rotatable bonds is 3. The van der Waals surface area contributed by atoms with Crippen molar-refractivity contribution in [2.24, 2.45) is 7.05 Å². The second kappa shape index (κ2) is 5.28. The van der Waals surface area contributed by atoms with Crippen LogP contribution in [0.1, 0.15) is 5.82 Å². The number of aromatic nitrogens is 4. The Kier molecular flexibility index (Phi) is 3.46.